The lowest BCUT2D eigenvalue weighted by molar-refractivity contribution is -0.137. The summed E-state index contributed by atoms with van der Waals surface area (Å²) in [6, 6.07) is 12.5. The van der Waals surface area contributed by atoms with Crippen LogP contribution < -0.4 is 20.7 Å². The summed E-state index contributed by atoms with van der Waals surface area (Å²) in [6.45, 7) is 3.70. The van der Waals surface area contributed by atoms with Crippen LogP contribution in [0.5, 0.6) is 5.75 Å². The number of amides is 3. The zero-order valence-corrected chi connectivity index (χ0v) is 21.3. The van der Waals surface area contributed by atoms with Gasteiger partial charge in [0.15, 0.2) is 12.2 Å². The lowest BCUT2D eigenvalue weighted by atomic mass is 9.94. The fourth-order valence-corrected chi connectivity index (χ4v) is 4.57. The van der Waals surface area contributed by atoms with Gasteiger partial charge in [-0.1, -0.05) is 25.0 Å². The van der Waals surface area contributed by atoms with Gasteiger partial charge in [-0.05, 0) is 62.9 Å². The van der Waals surface area contributed by atoms with Crippen LogP contribution in [0.25, 0.3) is 11.3 Å². The van der Waals surface area contributed by atoms with E-state index in [2.05, 4.69) is 20.9 Å². The minimum Gasteiger partial charge on any atom is -0.496 e. The molecule has 3 N–H and O–H groups in total. The lowest BCUT2D eigenvalue weighted by Gasteiger charge is -2.26. The van der Waals surface area contributed by atoms with Crippen molar-refractivity contribution in [3.05, 3.63) is 60.6 Å². The van der Waals surface area contributed by atoms with Crippen LogP contribution in [0.1, 0.15) is 45.1 Å². The number of benzene rings is 2. The molecule has 1 saturated carbocycles. The number of anilines is 2. The number of aromatic nitrogens is 1. The van der Waals surface area contributed by atoms with E-state index < -0.39 is 17.4 Å². The predicted molar refractivity (Wildman–Crippen MR) is 140 cm³/mol. The van der Waals surface area contributed by atoms with Crippen molar-refractivity contribution < 1.29 is 23.5 Å². The highest BCUT2D eigenvalue weighted by Crippen LogP contribution is 2.32. The molecule has 1 aromatic heterocycles. The maximum Gasteiger partial charge on any atom is 0.313 e. The molecule has 1 heterocycles. The molecular weight excluding hydrogens is 472 g/mol. The Kier molecular flexibility index (Phi) is 7.91. The van der Waals surface area contributed by atoms with Crippen molar-refractivity contribution in [3.63, 3.8) is 0 Å². The molecule has 9 nitrogen and oxygen atoms in total. The molecular formula is C28H32N4O5. The van der Waals surface area contributed by atoms with E-state index in [0.29, 0.717) is 29.2 Å². The van der Waals surface area contributed by atoms with Crippen LogP contribution in [-0.2, 0) is 20.8 Å². The van der Waals surface area contributed by atoms with Gasteiger partial charge in [0.2, 0.25) is 5.91 Å². The van der Waals surface area contributed by atoms with Gasteiger partial charge in [0, 0.05) is 28.9 Å². The van der Waals surface area contributed by atoms with E-state index in [1.54, 1.807) is 24.4 Å². The first kappa shape index (κ1) is 25.9. The number of carbonyl (C=O) groups excluding carboxylic acids is 3. The van der Waals surface area contributed by atoms with Gasteiger partial charge in [0.05, 0.1) is 18.9 Å². The molecule has 0 atom stereocenters. The van der Waals surface area contributed by atoms with Gasteiger partial charge in [0.1, 0.15) is 5.75 Å². The van der Waals surface area contributed by atoms with Gasteiger partial charge in [-0.15, -0.1) is 0 Å². The third-order valence-electron chi connectivity index (χ3n) is 6.41. The SMILES string of the molecule is COc1cc(NC(=O)C(=O)NC(C)(C)Cc2ccc(NC(=O)C3CCCC3)cc2)ccc1-c1cnco1. The van der Waals surface area contributed by atoms with E-state index in [9.17, 15) is 14.4 Å². The van der Waals surface area contributed by atoms with Crippen molar-refractivity contribution in [3.8, 4) is 17.1 Å². The summed E-state index contributed by atoms with van der Waals surface area (Å²) in [4.78, 5) is 41.5. The number of ether oxygens (including phenoxy) is 1. The molecule has 1 fully saturated rings. The number of nitrogens with one attached hydrogen (secondary N) is 3. The van der Waals surface area contributed by atoms with Crippen molar-refractivity contribution in [1.29, 1.82) is 0 Å². The second-order valence-electron chi connectivity index (χ2n) is 9.92. The van der Waals surface area contributed by atoms with Crippen molar-refractivity contribution >= 4 is 29.1 Å². The second kappa shape index (κ2) is 11.3. The summed E-state index contributed by atoms with van der Waals surface area (Å²) in [7, 11) is 1.51. The minimum atomic E-state index is -0.785. The summed E-state index contributed by atoms with van der Waals surface area (Å²) < 4.78 is 10.7. The summed E-state index contributed by atoms with van der Waals surface area (Å²) in [5, 5.41) is 8.39. The van der Waals surface area contributed by atoms with E-state index in [-0.39, 0.29) is 11.8 Å². The summed E-state index contributed by atoms with van der Waals surface area (Å²) >= 11 is 0. The number of nitrogens with zero attached hydrogens (tertiary/aromatic N) is 1. The number of oxazole rings is 1. The fraction of sp³-hybridized carbons (Fsp3) is 0.357. The Morgan fingerprint density at radius 3 is 2.35 bits per heavy atom. The van der Waals surface area contributed by atoms with Gasteiger partial charge in [-0.3, -0.25) is 14.4 Å². The third-order valence-corrected chi connectivity index (χ3v) is 6.41. The number of hydrogen-bond acceptors (Lipinski definition) is 6. The summed E-state index contributed by atoms with van der Waals surface area (Å²) in [5.74, 6) is -0.353. The number of methoxy groups -OCH3 is 1. The summed E-state index contributed by atoms with van der Waals surface area (Å²) in [5.41, 5.74) is 2.13. The van der Waals surface area contributed by atoms with Crippen molar-refractivity contribution in [2.24, 2.45) is 5.92 Å². The first-order valence-corrected chi connectivity index (χ1v) is 12.3. The van der Waals surface area contributed by atoms with E-state index in [1.165, 1.54) is 13.5 Å². The number of carbonyl (C=O) groups is 3. The molecule has 0 spiro atoms. The molecule has 3 aromatic rings. The zero-order chi connectivity index (χ0) is 26.4. The van der Waals surface area contributed by atoms with E-state index in [4.69, 9.17) is 9.15 Å². The zero-order valence-electron chi connectivity index (χ0n) is 21.3. The average Bonchev–Trinajstić information content (AvgIpc) is 3.59. The van der Waals surface area contributed by atoms with E-state index in [1.807, 2.05) is 38.1 Å². The Bertz CT molecular complexity index is 1250. The van der Waals surface area contributed by atoms with Crippen LogP contribution in [0, 0.1) is 5.92 Å². The standard InChI is InChI=1S/C28H32N4O5/c1-28(2,15-18-8-10-20(11-9-18)30-25(33)19-6-4-5-7-19)32-27(35)26(34)31-21-12-13-22(23(14-21)36-3)24-16-29-17-37-24/h8-14,16-17,19H,4-7,15H2,1-3H3,(H,30,33)(H,31,34)(H,32,35). The summed E-state index contributed by atoms with van der Waals surface area (Å²) in [6.07, 6.45) is 7.51. The number of rotatable bonds is 8. The molecule has 0 bridgehead atoms. The predicted octanol–water partition coefficient (Wildman–Crippen LogP) is 4.55. The van der Waals surface area contributed by atoms with Crippen LogP contribution in [-0.4, -0.2) is 35.4 Å². The Hall–Kier alpha value is -4.14. The minimum absolute atomic E-state index is 0.0779. The molecule has 2 aromatic carbocycles. The van der Waals surface area contributed by atoms with Crippen LogP contribution in [0.4, 0.5) is 11.4 Å². The molecule has 0 radical (unpaired) electrons. The Balaban J connectivity index is 1.31. The molecule has 1 aliphatic rings. The second-order valence-corrected chi connectivity index (χ2v) is 9.92. The van der Waals surface area contributed by atoms with E-state index in [0.717, 1.165) is 36.9 Å². The van der Waals surface area contributed by atoms with Crippen LogP contribution in [0.15, 0.2) is 59.5 Å². The lowest BCUT2D eigenvalue weighted by Crippen LogP contribution is -2.49. The molecule has 37 heavy (non-hydrogen) atoms. The van der Waals surface area contributed by atoms with Gasteiger partial charge in [0.25, 0.3) is 0 Å². The Labute approximate surface area is 216 Å². The van der Waals surface area contributed by atoms with Crippen LogP contribution >= 0.6 is 0 Å². The topological polar surface area (TPSA) is 123 Å². The molecule has 3 amide bonds. The molecule has 0 aliphatic heterocycles. The van der Waals surface area contributed by atoms with Crippen molar-refractivity contribution in [2.75, 3.05) is 17.7 Å². The van der Waals surface area contributed by atoms with Crippen LogP contribution in [0.3, 0.4) is 0 Å². The largest absolute Gasteiger partial charge is 0.496 e. The molecule has 194 valence electrons. The first-order valence-electron chi connectivity index (χ1n) is 12.3. The smallest absolute Gasteiger partial charge is 0.313 e. The average molecular weight is 505 g/mol. The highest BCUT2D eigenvalue weighted by molar-refractivity contribution is 6.39. The Morgan fingerprint density at radius 2 is 1.70 bits per heavy atom. The molecule has 4 rings (SSSR count). The fourth-order valence-electron chi connectivity index (χ4n) is 4.57. The monoisotopic (exact) mass is 504 g/mol. The first-order chi connectivity index (χ1) is 17.7. The van der Waals surface area contributed by atoms with Gasteiger partial charge in [-0.2, -0.15) is 0 Å². The Morgan fingerprint density at radius 1 is 1.00 bits per heavy atom. The van der Waals surface area contributed by atoms with Gasteiger partial charge < -0.3 is 25.1 Å². The van der Waals surface area contributed by atoms with Gasteiger partial charge in [-0.25, -0.2) is 4.98 Å². The van der Waals surface area contributed by atoms with Gasteiger partial charge >= 0.3 is 11.8 Å². The molecule has 0 unspecified atom stereocenters. The molecule has 9 heteroatoms. The molecule has 0 saturated heterocycles. The van der Waals surface area contributed by atoms with E-state index >= 15 is 0 Å². The van der Waals surface area contributed by atoms with Crippen LogP contribution in [0.2, 0.25) is 0 Å². The highest BCUT2D eigenvalue weighted by atomic mass is 16.5. The number of hydrogen-bond donors (Lipinski definition) is 3. The third kappa shape index (κ3) is 6.75. The van der Waals surface area contributed by atoms with Crippen molar-refractivity contribution in [1.82, 2.24) is 10.3 Å². The van der Waals surface area contributed by atoms with Crippen molar-refractivity contribution in [2.45, 2.75) is 51.5 Å². The maximum absolute atomic E-state index is 12.6. The normalized spacial score (nSPS) is 13.7. The molecule has 1 aliphatic carbocycles. The highest BCUT2D eigenvalue weighted by Gasteiger charge is 2.26. The quantitative estimate of drug-likeness (QED) is 0.387. The maximum atomic E-state index is 12.6.